The van der Waals surface area contributed by atoms with E-state index in [4.69, 9.17) is 6.42 Å². The fourth-order valence-corrected chi connectivity index (χ4v) is 1.95. The summed E-state index contributed by atoms with van der Waals surface area (Å²) in [7, 11) is 0. The van der Waals surface area contributed by atoms with Crippen molar-refractivity contribution in [3.05, 3.63) is 0 Å². The van der Waals surface area contributed by atoms with E-state index in [0.717, 1.165) is 13.1 Å². The number of piperazine rings is 1. The number of hydrogen-bond acceptors (Lipinski definition) is 3. The van der Waals surface area contributed by atoms with Gasteiger partial charge in [-0.3, -0.25) is 4.90 Å². The molecule has 0 unspecified atom stereocenters. The first kappa shape index (κ1) is 12.5. The van der Waals surface area contributed by atoms with Crippen LogP contribution in [-0.2, 0) is 0 Å². The maximum absolute atomic E-state index is 5.17. The quantitative estimate of drug-likeness (QED) is 0.499. The Hall–Kier alpha value is -0.560. The summed E-state index contributed by atoms with van der Waals surface area (Å²) >= 11 is 0. The van der Waals surface area contributed by atoms with Gasteiger partial charge in [-0.15, -0.1) is 6.42 Å². The third-order valence-electron chi connectivity index (χ3n) is 2.84. The van der Waals surface area contributed by atoms with Crippen LogP contribution in [-0.4, -0.2) is 62.2 Å². The Balaban J connectivity index is 2.02. The van der Waals surface area contributed by atoms with E-state index in [1.165, 1.54) is 39.1 Å². The van der Waals surface area contributed by atoms with Gasteiger partial charge >= 0.3 is 0 Å². The predicted molar refractivity (Wildman–Crippen MR) is 64.9 cm³/mol. The fourth-order valence-electron chi connectivity index (χ4n) is 1.95. The van der Waals surface area contributed by atoms with Crippen molar-refractivity contribution < 1.29 is 0 Å². The summed E-state index contributed by atoms with van der Waals surface area (Å²) in [6.45, 7) is 11.2. The van der Waals surface area contributed by atoms with Gasteiger partial charge in [0, 0.05) is 39.3 Å². The summed E-state index contributed by atoms with van der Waals surface area (Å²) in [5, 5.41) is 3.23. The second kappa shape index (κ2) is 7.70. The van der Waals surface area contributed by atoms with E-state index in [-0.39, 0.29) is 0 Å². The number of rotatable bonds is 6. The molecule has 0 saturated carbocycles. The lowest BCUT2D eigenvalue weighted by atomic mass is 10.3. The van der Waals surface area contributed by atoms with Crippen molar-refractivity contribution in [3.63, 3.8) is 0 Å². The first-order chi connectivity index (χ1) is 7.36. The molecule has 0 aromatic carbocycles. The Kier molecular flexibility index (Phi) is 6.42. The molecule has 1 N–H and O–H groups in total. The molecule has 3 heteroatoms. The summed E-state index contributed by atoms with van der Waals surface area (Å²) in [5.74, 6) is 2.59. The van der Waals surface area contributed by atoms with E-state index >= 15 is 0 Å². The normalized spacial score (nSPS) is 18.9. The van der Waals surface area contributed by atoms with Crippen molar-refractivity contribution in [2.75, 3.05) is 52.4 Å². The second-order valence-electron chi connectivity index (χ2n) is 4.06. The van der Waals surface area contributed by atoms with Crippen LogP contribution in [0.4, 0.5) is 0 Å². The molecule has 0 atom stereocenters. The van der Waals surface area contributed by atoms with E-state index in [9.17, 15) is 0 Å². The topological polar surface area (TPSA) is 18.5 Å². The van der Waals surface area contributed by atoms with Gasteiger partial charge in [-0.2, -0.15) is 0 Å². The van der Waals surface area contributed by atoms with Crippen molar-refractivity contribution in [1.29, 1.82) is 0 Å². The Labute approximate surface area is 93.8 Å². The number of hydrogen-bond donors (Lipinski definition) is 1. The van der Waals surface area contributed by atoms with Gasteiger partial charge in [0.1, 0.15) is 0 Å². The number of nitrogens with one attached hydrogen (secondary N) is 1. The van der Waals surface area contributed by atoms with E-state index in [0.29, 0.717) is 6.54 Å². The molecule has 0 bridgehead atoms. The van der Waals surface area contributed by atoms with E-state index in [1.54, 1.807) is 0 Å². The van der Waals surface area contributed by atoms with Gasteiger partial charge in [-0.05, 0) is 13.0 Å². The van der Waals surface area contributed by atoms with Gasteiger partial charge in [-0.25, -0.2) is 0 Å². The molecular weight excluding hydrogens is 186 g/mol. The van der Waals surface area contributed by atoms with Gasteiger partial charge in [0.25, 0.3) is 0 Å². The van der Waals surface area contributed by atoms with Crippen LogP contribution in [0, 0.1) is 12.3 Å². The molecule has 1 rings (SSSR count). The largest absolute Gasteiger partial charge is 0.305 e. The van der Waals surface area contributed by atoms with Gasteiger partial charge in [0.15, 0.2) is 0 Å². The number of nitrogens with zero attached hydrogens (tertiary/aromatic N) is 2. The molecular formula is C12H23N3. The van der Waals surface area contributed by atoms with E-state index in [1.807, 2.05) is 0 Å². The summed E-state index contributed by atoms with van der Waals surface area (Å²) in [5.41, 5.74) is 0. The zero-order valence-electron chi connectivity index (χ0n) is 9.84. The van der Waals surface area contributed by atoms with Crippen LogP contribution in [0.15, 0.2) is 0 Å². The lowest BCUT2D eigenvalue weighted by molar-refractivity contribution is 0.133. The second-order valence-corrected chi connectivity index (χ2v) is 4.06. The molecule has 0 amide bonds. The summed E-state index contributed by atoms with van der Waals surface area (Å²) < 4.78 is 0. The fraction of sp³-hybridized carbons (Fsp3) is 0.833. The minimum Gasteiger partial charge on any atom is -0.305 e. The highest BCUT2D eigenvalue weighted by Crippen LogP contribution is 2.01. The molecule has 1 aliphatic heterocycles. The van der Waals surface area contributed by atoms with Crippen LogP contribution in [0.3, 0.4) is 0 Å². The smallest absolute Gasteiger partial charge is 0.0574 e. The minimum absolute atomic E-state index is 0.690. The van der Waals surface area contributed by atoms with E-state index < -0.39 is 0 Å². The molecule has 0 radical (unpaired) electrons. The lowest BCUT2D eigenvalue weighted by Gasteiger charge is -2.34. The average Bonchev–Trinajstić information content (AvgIpc) is 2.27. The molecule has 3 nitrogen and oxygen atoms in total. The Morgan fingerprint density at radius 1 is 1.13 bits per heavy atom. The Morgan fingerprint density at radius 2 is 1.73 bits per heavy atom. The zero-order chi connectivity index (χ0) is 10.9. The van der Waals surface area contributed by atoms with Crippen LogP contribution in [0.1, 0.15) is 13.3 Å². The highest BCUT2D eigenvalue weighted by atomic mass is 15.3. The molecule has 0 aromatic heterocycles. The zero-order valence-corrected chi connectivity index (χ0v) is 9.84. The average molecular weight is 209 g/mol. The van der Waals surface area contributed by atoms with Crippen molar-refractivity contribution in [1.82, 2.24) is 15.1 Å². The monoisotopic (exact) mass is 209 g/mol. The molecule has 0 aromatic rings. The van der Waals surface area contributed by atoms with Crippen molar-refractivity contribution in [2.24, 2.45) is 0 Å². The van der Waals surface area contributed by atoms with Gasteiger partial charge < -0.3 is 10.2 Å². The molecule has 1 saturated heterocycles. The Morgan fingerprint density at radius 3 is 2.27 bits per heavy atom. The molecule has 1 fully saturated rings. The van der Waals surface area contributed by atoms with Crippen LogP contribution >= 0.6 is 0 Å². The first-order valence-electron chi connectivity index (χ1n) is 5.95. The molecule has 1 aliphatic rings. The lowest BCUT2D eigenvalue weighted by Crippen LogP contribution is -2.48. The van der Waals surface area contributed by atoms with Gasteiger partial charge in [0.2, 0.25) is 0 Å². The van der Waals surface area contributed by atoms with Gasteiger partial charge in [-0.1, -0.05) is 12.8 Å². The number of terminal acetylenes is 1. The molecule has 1 heterocycles. The SMILES string of the molecule is C#CCNCCN1CCN(CCC)CC1. The van der Waals surface area contributed by atoms with Crippen molar-refractivity contribution >= 4 is 0 Å². The Bertz CT molecular complexity index is 190. The third-order valence-corrected chi connectivity index (χ3v) is 2.84. The third kappa shape index (κ3) is 5.17. The van der Waals surface area contributed by atoms with Crippen LogP contribution in [0.25, 0.3) is 0 Å². The summed E-state index contributed by atoms with van der Waals surface area (Å²) in [6.07, 6.45) is 6.43. The first-order valence-corrected chi connectivity index (χ1v) is 5.95. The van der Waals surface area contributed by atoms with Gasteiger partial charge in [0.05, 0.1) is 6.54 Å². The van der Waals surface area contributed by atoms with E-state index in [2.05, 4.69) is 28.0 Å². The molecule has 0 aliphatic carbocycles. The van der Waals surface area contributed by atoms with Crippen LogP contribution < -0.4 is 5.32 Å². The van der Waals surface area contributed by atoms with Crippen molar-refractivity contribution in [2.45, 2.75) is 13.3 Å². The maximum Gasteiger partial charge on any atom is 0.0574 e. The van der Waals surface area contributed by atoms with Crippen molar-refractivity contribution in [3.8, 4) is 12.3 Å². The summed E-state index contributed by atoms with van der Waals surface area (Å²) in [4.78, 5) is 5.06. The standard InChI is InChI=1S/C12H23N3/c1-3-5-13-6-8-15-11-9-14(7-4-2)10-12-15/h1,13H,4-12H2,2H3. The summed E-state index contributed by atoms with van der Waals surface area (Å²) in [6, 6.07) is 0. The molecule has 0 spiro atoms. The van der Waals surface area contributed by atoms with Crippen LogP contribution in [0.2, 0.25) is 0 Å². The predicted octanol–water partition coefficient (Wildman–Crippen LogP) is 0.237. The molecule has 15 heavy (non-hydrogen) atoms. The minimum atomic E-state index is 0.690. The highest BCUT2D eigenvalue weighted by Gasteiger charge is 2.14. The highest BCUT2D eigenvalue weighted by molar-refractivity contribution is 4.86. The van der Waals surface area contributed by atoms with Crippen LogP contribution in [0.5, 0.6) is 0 Å². The molecule has 86 valence electrons. The maximum atomic E-state index is 5.17.